The quantitative estimate of drug-likeness (QED) is 0.531. The molecule has 0 saturated heterocycles. The number of methoxy groups -OCH3 is 1. The Balaban J connectivity index is 1.89. The summed E-state index contributed by atoms with van der Waals surface area (Å²) in [6, 6.07) is 11.2. The number of halogens is 1. The zero-order valence-electron chi connectivity index (χ0n) is 14.9. The first-order valence-electron chi connectivity index (χ1n) is 8.51. The minimum Gasteiger partial charge on any atom is -0.497 e. The molecule has 26 heavy (non-hydrogen) atoms. The second kappa shape index (κ2) is 6.16. The van der Waals surface area contributed by atoms with Crippen LogP contribution in [-0.2, 0) is 6.42 Å². The lowest BCUT2D eigenvalue weighted by Crippen LogP contribution is -2.32. The van der Waals surface area contributed by atoms with Crippen LogP contribution in [0.1, 0.15) is 25.8 Å². The van der Waals surface area contributed by atoms with E-state index in [1.54, 1.807) is 7.11 Å². The fourth-order valence-corrected chi connectivity index (χ4v) is 3.91. The summed E-state index contributed by atoms with van der Waals surface area (Å²) >= 11 is 3.61. The lowest BCUT2D eigenvalue weighted by molar-refractivity contribution is 0.0838. The Labute approximate surface area is 159 Å². The van der Waals surface area contributed by atoms with Gasteiger partial charge in [0.25, 0.3) is 0 Å². The highest BCUT2D eigenvalue weighted by molar-refractivity contribution is 9.10. The van der Waals surface area contributed by atoms with Crippen molar-refractivity contribution in [3.8, 4) is 22.6 Å². The molecule has 4 rings (SSSR count). The Morgan fingerprint density at radius 3 is 2.58 bits per heavy atom. The first-order chi connectivity index (χ1) is 12.4. The van der Waals surface area contributed by atoms with Crippen LogP contribution in [0.15, 0.2) is 50.1 Å². The van der Waals surface area contributed by atoms with E-state index in [4.69, 9.17) is 13.9 Å². The summed E-state index contributed by atoms with van der Waals surface area (Å²) < 4.78 is 17.9. The van der Waals surface area contributed by atoms with Gasteiger partial charge in [-0.15, -0.1) is 0 Å². The molecule has 0 N–H and O–H groups in total. The Hall–Kier alpha value is -2.27. The van der Waals surface area contributed by atoms with Gasteiger partial charge in [-0.1, -0.05) is 12.1 Å². The van der Waals surface area contributed by atoms with Crippen LogP contribution in [0.25, 0.3) is 22.1 Å². The van der Waals surface area contributed by atoms with Crippen molar-refractivity contribution < 1.29 is 13.9 Å². The Kier molecular flexibility index (Phi) is 4.07. The van der Waals surface area contributed by atoms with Gasteiger partial charge in [0.15, 0.2) is 0 Å². The van der Waals surface area contributed by atoms with Crippen LogP contribution >= 0.6 is 15.9 Å². The van der Waals surface area contributed by atoms with Crippen molar-refractivity contribution in [2.75, 3.05) is 7.11 Å². The molecule has 2 heterocycles. The molecule has 0 unspecified atom stereocenters. The summed E-state index contributed by atoms with van der Waals surface area (Å²) in [5.74, 6) is 1.52. The molecule has 1 aliphatic heterocycles. The number of hydrogen-bond acceptors (Lipinski definition) is 4. The second-order valence-electron chi connectivity index (χ2n) is 7.12. The average molecular weight is 415 g/mol. The molecule has 0 amide bonds. The molecule has 0 aliphatic carbocycles. The topological polar surface area (TPSA) is 48.7 Å². The van der Waals surface area contributed by atoms with Crippen molar-refractivity contribution in [2.24, 2.45) is 0 Å². The van der Waals surface area contributed by atoms with E-state index in [2.05, 4.69) is 29.8 Å². The van der Waals surface area contributed by atoms with Crippen LogP contribution in [0, 0.1) is 0 Å². The van der Waals surface area contributed by atoms with Gasteiger partial charge in [-0.3, -0.25) is 0 Å². The Morgan fingerprint density at radius 1 is 1.15 bits per heavy atom. The summed E-state index contributed by atoms with van der Waals surface area (Å²) in [7, 11) is 1.61. The lowest BCUT2D eigenvalue weighted by Gasteiger charge is -2.33. The van der Waals surface area contributed by atoms with Gasteiger partial charge < -0.3 is 13.9 Å². The van der Waals surface area contributed by atoms with Gasteiger partial charge in [0.05, 0.1) is 17.1 Å². The Morgan fingerprint density at radius 2 is 1.88 bits per heavy atom. The third kappa shape index (κ3) is 2.90. The molecule has 4 nitrogen and oxygen atoms in total. The van der Waals surface area contributed by atoms with Gasteiger partial charge in [0.1, 0.15) is 22.7 Å². The molecule has 0 fully saturated rings. The molecule has 134 valence electrons. The van der Waals surface area contributed by atoms with Crippen molar-refractivity contribution in [3.05, 3.63) is 56.9 Å². The van der Waals surface area contributed by atoms with Crippen LogP contribution in [0.5, 0.6) is 11.5 Å². The molecule has 0 radical (unpaired) electrons. The number of rotatable bonds is 2. The summed E-state index contributed by atoms with van der Waals surface area (Å²) in [5.41, 5.74) is 2.31. The predicted molar refractivity (Wildman–Crippen MR) is 105 cm³/mol. The SMILES string of the molecule is COc1ccc(-c2cc3cc(Br)c4c(c3oc2=O)CCC(C)(C)O4)cc1. The first kappa shape index (κ1) is 17.2. The molecular formula is C21H19BrO4. The zero-order chi connectivity index (χ0) is 18.5. The van der Waals surface area contributed by atoms with E-state index in [0.717, 1.165) is 45.3 Å². The van der Waals surface area contributed by atoms with Gasteiger partial charge in [-0.05, 0) is 72.4 Å². The monoisotopic (exact) mass is 414 g/mol. The fraction of sp³-hybridized carbons (Fsp3) is 0.286. The average Bonchev–Trinajstić information content (AvgIpc) is 2.62. The van der Waals surface area contributed by atoms with Gasteiger partial charge in [0, 0.05) is 10.9 Å². The number of hydrogen-bond donors (Lipinski definition) is 0. The molecule has 0 spiro atoms. The van der Waals surface area contributed by atoms with E-state index in [-0.39, 0.29) is 11.2 Å². The van der Waals surface area contributed by atoms with Gasteiger partial charge in [0.2, 0.25) is 0 Å². The molecular weight excluding hydrogens is 396 g/mol. The van der Waals surface area contributed by atoms with Crippen LogP contribution in [0.3, 0.4) is 0 Å². The lowest BCUT2D eigenvalue weighted by atomic mass is 9.93. The van der Waals surface area contributed by atoms with Crippen LogP contribution in [-0.4, -0.2) is 12.7 Å². The number of fused-ring (bicyclic) bond motifs is 3. The van der Waals surface area contributed by atoms with E-state index in [1.807, 2.05) is 36.4 Å². The smallest absolute Gasteiger partial charge is 0.344 e. The van der Waals surface area contributed by atoms with E-state index in [9.17, 15) is 4.79 Å². The molecule has 0 atom stereocenters. The summed E-state index contributed by atoms with van der Waals surface area (Å²) in [5, 5.41) is 0.879. The number of benzene rings is 2. The van der Waals surface area contributed by atoms with Crippen molar-refractivity contribution in [1.29, 1.82) is 0 Å². The van der Waals surface area contributed by atoms with Crippen molar-refractivity contribution >= 4 is 26.9 Å². The molecule has 1 aromatic heterocycles. The van der Waals surface area contributed by atoms with E-state index < -0.39 is 0 Å². The third-order valence-corrected chi connectivity index (χ3v) is 5.37. The van der Waals surface area contributed by atoms with Crippen molar-refractivity contribution in [2.45, 2.75) is 32.3 Å². The minimum atomic E-state index is -0.350. The van der Waals surface area contributed by atoms with E-state index in [0.29, 0.717) is 11.1 Å². The predicted octanol–water partition coefficient (Wildman–Crippen LogP) is 5.33. The van der Waals surface area contributed by atoms with Crippen LogP contribution < -0.4 is 15.1 Å². The minimum absolute atomic E-state index is 0.230. The number of aryl methyl sites for hydroxylation is 1. The highest BCUT2D eigenvalue weighted by Crippen LogP contribution is 2.43. The standard InChI is InChI=1S/C21H19BrO4/c1-21(2)9-8-15-18-13(11-17(22)19(15)26-21)10-16(20(23)25-18)12-4-6-14(24-3)7-5-12/h4-7,10-11H,8-9H2,1-3H3. The van der Waals surface area contributed by atoms with Crippen LogP contribution in [0.4, 0.5) is 0 Å². The maximum Gasteiger partial charge on any atom is 0.344 e. The normalized spacial score (nSPS) is 15.4. The fourth-order valence-electron chi connectivity index (χ4n) is 3.34. The molecule has 2 aromatic carbocycles. The molecule has 1 aliphatic rings. The van der Waals surface area contributed by atoms with E-state index in [1.165, 1.54) is 0 Å². The van der Waals surface area contributed by atoms with Crippen LogP contribution in [0.2, 0.25) is 0 Å². The zero-order valence-corrected chi connectivity index (χ0v) is 16.5. The third-order valence-electron chi connectivity index (χ3n) is 4.78. The van der Waals surface area contributed by atoms with Gasteiger partial charge >= 0.3 is 5.63 Å². The Bertz CT molecular complexity index is 1050. The van der Waals surface area contributed by atoms with Gasteiger partial charge in [-0.25, -0.2) is 4.79 Å². The molecule has 0 saturated carbocycles. The number of ether oxygens (including phenoxy) is 2. The molecule has 5 heteroatoms. The molecule has 3 aromatic rings. The summed E-state index contributed by atoms with van der Waals surface area (Å²) in [6.45, 7) is 4.13. The maximum atomic E-state index is 12.6. The van der Waals surface area contributed by atoms with E-state index >= 15 is 0 Å². The highest BCUT2D eigenvalue weighted by Gasteiger charge is 2.30. The molecule has 0 bridgehead atoms. The second-order valence-corrected chi connectivity index (χ2v) is 7.98. The summed E-state index contributed by atoms with van der Waals surface area (Å²) in [6.07, 6.45) is 1.68. The summed E-state index contributed by atoms with van der Waals surface area (Å²) in [4.78, 5) is 12.6. The van der Waals surface area contributed by atoms with Crippen molar-refractivity contribution in [1.82, 2.24) is 0 Å². The largest absolute Gasteiger partial charge is 0.497 e. The van der Waals surface area contributed by atoms with Crippen molar-refractivity contribution in [3.63, 3.8) is 0 Å². The van der Waals surface area contributed by atoms with Gasteiger partial charge in [-0.2, -0.15) is 0 Å². The highest BCUT2D eigenvalue weighted by atomic mass is 79.9. The maximum absolute atomic E-state index is 12.6. The first-order valence-corrected chi connectivity index (χ1v) is 9.30.